The molecule has 2 fully saturated rings. The first-order valence-electron chi connectivity index (χ1n) is 12.2. The molecule has 1 aromatic carbocycles. The summed E-state index contributed by atoms with van der Waals surface area (Å²) in [4.78, 5) is 34.0. The summed E-state index contributed by atoms with van der Waals surface area (Å²) in [6.45, 7) is 6.10. The van der Waals surface area contributed by atoms with Gasteiger partial charge in [0.05, 0.1) is 12.0 Å². The number of nitrogens with one attached hydrogen (secondary N) is 1. The lowest BCUT2D eigenvalue weighted by Crippen LogP contribution is -2.49. The Morgan fingerprint density at radius 1 is 1.11 bits per heavy atom. The van der Waals surface area contributed by atoms with E-state index in [1.807, 2.05) is 29.3 Å². The second-order valence-corrected chi connectivity index (χ2v) is 9.82. The van der Waals surface area contributed by atoms with Gasteiger partial charge in [-0.25, -0.2) is 9.87 Å². The highest BCUT2D eigenvalue weighted by Crippen LogP contribution is 2.47. The number of benzene rings is 1. The van der Waals surface area contributed by atoms with Crippen LogP contribution in [0.5, 0.6) is 0 Å². The van der Waals surface area contributed by atoms with E-state index in [0.29, 0.717) is 18.7 Å². The SMILES string of the molecule is CN1CCN(CCN2C=CC3C(C2=O)C2CC(F)=CC=C2N3Cc2ccc(C(=O)NO)cc2)CC1. The molecule has 5 rings (SSSR count). The highest BCUT2D eigenvalue weighted by atomic mass is 19.1. The highest BCUT2D eigenvalue weighted by molar-refractivity contribution is 5.93. The number of piperazine rings is 1. The Hall–Kier alpha value is -3.01. The molecule has 1 aliphatic carbocycles. The first kappa shape index (κ1) is 23.7. The Labute approximate surface area is 204 Å². The van der Waals surface area contributed by atoms with Crippen LogP contribution in [-0.2, 0) is 11.3 Å². The number of hydrogen-bond donors (Lipinski definition) is 2. The normalized spacial score (nSPS) is 26.8. The summed E-state index contributed by atoms with van der Waals surface area (Å²) in [7, 11) is 2.13. The minimum absolute atomic E-state index is 0.0645. The van der Waals surface area contributed by atoms with Crippen molar-refractivity contribution < 1.29 is 19.2 Å². The Kier molecular flexibility index (Phi) is 6.73. The number of hydroxylamine groups is 1. The molecule has 3 unspecified atom stereocenters. The van der Waals surface area contributed by atoms with Gasteiger partial charge in [-0.15, -0.1) is 0 Å². The van der Waals surface area contributed by atoms with E-state index in [1.54, 1.807) is 17.6 Å². The van der Waals surface area contributed by atoms with Crippen molar-refractivity contribution >= 4 is 11.8 Å². The smallest absolute Gasteiger partial charge is 0.274 e. The zero-order chi connectivity index (χ0) is 24.5. The maximum atomic E-state index is 14.3. The van der Waals surface area contributed by atoms with E-state index in [4.69, 9.17) is 5.21 Å². The van der Waals surface area contributed by atoms with Gasteiger partial charge in [-0.1, -0.05) is 12.1 Å². The molecular weight excluding hydrogens is 449 g/mol. The predicted octanol–water partition coefficient (Wildman–Crippen LogP) is 1.97. The standard InChI is InChI=1S/C26H32FN5O3/c1-29-10-12-30(13-11-29)14-15-31-9-8-23-24(26(31)34)21-16-20(27)6-7-22(21)32(23)17-18-2-4-19(5-3-18)25(33)28-35/h2-9,21,23-24,35H,10-17H2,1H3,(H,28,33). The van der Waals surface area contributed by atoms with Crippen LogP contribution in [0.15, 0.2) is 60.2 Å². The summed E-state index contributed by atoms with van der Waals surface area (Å²) in [6, 6.07) is 6.84. The van der Waals surface area contributed by atoms with E-state index >= 15 is 0 Å². The van der Waals surface area contributed by atoms with Crippen LogP contribution in [0.4, 0.5) is 4.39 Å². The Balaban J connectivity index is 1.33. The topological polar surface area (TPSA) is 79.4 Å². The lowest BCUT2D eigenvalue weighted by molar-refractivity contribution is -0.135. The van der Waals surface area contributed by atoms with E-state index < -0.39 is 5.91 Å². The number of nitrogens with zero attached hydrogens (tertiary/aromatic N) is 4. The van der Waals surface area contributed by atoms with Gasteiger partial charge in [-0.2, -0.15) is 0 Å². The first-order valence-corrected chi connectivity index (χ1v) is 12.2. The third kappa shape index (κ3) is 4.76. The molecule has 8 nitrogen and oxygen atoms in total. The molecule has 3 aliphatic heterocycles. The number of allylic oxidation sites excluding steroid dienone is 4. The second kappa shape index (κ2) is 9.93. The van der Waals surface area contributed by atoms with Gasteiger partial charge in [0.25, 0.3) is 5.91 Å². The average molecular weight is 482 g/mol. The molecule has 0 bridgehead atoms. The number of amides is 2. The molecule has 2 saturated heterocycles. The van der Waals surface area contributed by atoms with Gasteiger partial charge in [0.2, 0.25) is 5.91 Å². The molecule has 3 atom stereocenters. The van der Waals surface area contributed by atoms with Gasteiger partial charge in [0, 0.05) is 75.6 Å². The Morgan fingerprint density at radius 3 is 2.57 bits per heavy atom. The summed E-state index contributed by atoms with van der Waals surface area (Å²) >= 11 is 0. The quantitative estimate of drug-likeness (QED) is 0.478. The molecule has 1 aromatic rings. The third-order valence-corrected chi connectivity index (χ3v) is 7.68. The number of fused-ring (bicyclic) bond motifs is 3. The monoisotopic (exact) mass is 481 g/mol. The lowest BCUT2D eigenvalue weighted by Gasteiger charge is -2.36. The summed E-state index contributed by atoms with van der Waals surface area (Å²) in [6.07, 6.45) is 7.55. The number of carbonyl (C=O) groups is 2. The first-order chi connectivity index (χ1) is 16.9. The van der Waals surface area contributed by atoms with E-state index in [-0.39, 0.29) is 36.0 Å². The van der Waals surface area contributed by atoms with Crippen LogP contribution in [-0.4, -0.2) is 89.0 Å². The van der Waals surface area contributed by atoms with Gasteiger partial charge >= 0.3 is 0 Å². The van der Waals surface area contributed by atoms with Crippen LogP contribution < -0.4 is 5.48 Å². The van der Waals surface area contributed by atoms with Crippen molar-refractivity contribution in [3.8, 4) is 0 Å². The second-order valence-electron chi connectivity index (χ2n) is 9.82. The number of likely N-dealkylation sites (tertiary alicyclic amines) is 1. The van der Waals surface area contributed by atoms with Gasteiger partial charge in [-0.3, -0.25) is 19.7 Å². The fraction of sp³-hybridized carbons (Fsp3) is 0.462. The number of rotatable bonds is 6. The van der Waals surface area contributed by atoms with E-state index in [1.165, 1.54) is 6.08 Å². The summed E-state index contributed by atoms with van der Waals surface area (Å²) in [5.41, 5.74) is 3.95. The summed E-state index contributed by atoms with van der Waals surface area (Å²) in [5, 5.41) is 8.84. The molecule has 4 aliphatic rings. The van der Waals surface area contributed by atoms with Gasteiger partial charge in [0.1, 0.15) is 5.83 Å². The molecule has 9 heteroatoms. The maximum absolute atomic E-state index is 14.3. The van der Waals surface area contributed by atoms with Crippen LogP contribution in [0, 0.1) is 11.8 Å². The number of likely N-dealkylation sites (N-methyl/N-ethyl adjacent to an activating group) is 1. The van der Waals surface area contributed by atoms with Crippen LogP contribution in [0.1, 0.15) is 22.3 Å². The molecular formula is C26H32FN5O3. The minimum Gasteiger partial charge on any atom is -0.363 e. The van der Waals surface area contributed by atoms with Gasteiger partial charge in [-0.05, 0) is 43.0 Å². The number of carbonyl (C=O) groups excluding carboxylic acids is 2. The zero-order valence-electron chi connectivity index (χ0n) is 19.9. The fourth-order valence-electron chi connectivity index (χ4n) is 5.63. The van der Waals surface area contributed by atoms with Crippen molar-refractivity contribution in [2.24, 2.45) is 11.8 Å². The van der Waals surface area contributed by atoms with Crippen LogP contribution >= 0.6 is 0 Å². The van der Waals surface area contributed by atoms with E-state index in [0.717, 1.165) is 44.0 Å². The number of hydrogen-bond acceptors (Lipinski definition) is 6. The molecule has 3 heterocycles. The van der Waals surface area contributed by atoms with Crippen molar-refractivity contribution in [3.05, 3.63) is 71.3 Å². The van der Waals surface area contributed by atoms with E-state index in [2.05, 4.69) is 27.8 Å². The van der Waals surface area contributed by atoms with Crippen molar-refractivity contribution in [1.82, 2.24) is 25.1 Å². The van der Waals surface area contributed by atoms with E-state index in [9.17, 15) is 14.0 Å². The van der Waals surface area contributed by atoms with Crippen LogP contribution in [0.25, 0.3) is 0 Å². The number of halogens is 1. The van der Waals surface area contributed by atoms with Crippen LogP contribution in [0.2, 0.25) is 0 Å². The largest absolute Gasteiger partial charge is 0.363 e. The van der Waals surface area contributed by atoms with Crippen molar-refractivity contribution in [2.45, 2.75) is 19.0 Å². The third-order valence-electron chi connectivity index (χ3n) is 7.68. The molecule has 0 spiro atoms. The van der Waals surface area contributed by atoms with Crippen molar-refractivity contribution in [3.63, 3.8) is 0 Å². The molecule has 0 radical (unpaired) electrons. The maximum Gasteiger partial charge on any atom is 0.274 e. The minimum atomic E-state index is -0.564. The van der Waals surface area contributed by atoms with Crippen molar-refractivity contribution in [2.75, 3.05) is 46.3 Å². The lowest BCUT2D eigenvalue weighted by atomic mass is 9.82. The summed E-state index contributed by atoms with van der Waals surface area (Å²) < 4.78 is 14.3. The predicted molar refractivity (Wildman–Crippen MR) is 129 cm³/mol. The molecule has 35 heavy (non-hydrogen) atoms. The van der Waals surface area contributed by atoms with Gasteiger partial charge in [0.15, 0.2) is 0 Å². The fourth-order valence-corrected chi connectivity index (χ4v) is 5.63. The molecule has 0 aromatic heterocycles. The average Bonchev–Trinajstić information content (AvgIpc) is 3.17. The molecule has 2 N–H and O–H groups in total. The van der Waals surface area contributed by atoms with Crippen LogP contribution in [0.3, 0.4) is 0 Å². The van der Waals surface area contributed by atoms with Gasteiger partial charge < -0.3 is 14.7 Å². The highest BCUT2D eigenvalue weighted by Gasteiger charge is 2.51. The molecule has 0 saturated carbocycles. The Bertz CT molecular complexity index is 1060. The summed E-state index contributed by atoms with van der Waals surface area (Å²) in [5.74, 6) is -1.20. The Morgan fingerprint density at radius 2 is 1.86 bits per heavy atom. The molecule has 2 amide bonds. The molecule has 186 valence electrons. The zero-order valence-corrected chi connectivity index (χ0v) is 19.9. The van der Waals surface area contributed by atoms with Crippen molar-refractivity contribution in [1.29, 1.82) is 0 Å².